The largest absolute Gasteiger partial charge is 0.485 e. The van der Waals surface area contributed by atoms with E-state index in [4.69, 9.17) is 4.74 Å². The molecule has 0 saturated carbocycles. The molecule has 0 radical (unpaired) electrons. The monoisotopic (exact) mass is 494 g/mol. The molecule has 1 heterocycles. The number of nitro groups is 1. The lowest BCUT2D eigenvalue weighted by molar-refractivity contribution is -0.384. The van der Waals surface area contributed by atoms with Crippen molar-refractivity contribution >= 4 is 27.1 Å². The van der Waals surface area contributed by atoms with Crippen LogP contribution in [0.5, 0.6) is 5.75 Å². The molecule has 3 aromatic rings. The number of nitro benzene ring substituents is 1. The number of hydrazone groups is 1. The zero-order chi connectivity index (χ0) is 25.0. The average Bonchev–Trinajstić information content (AvgIpc) is 2.88. The summed E-state index contributed by atoms with van der Waals surface area (Å²) >= 11 is 0. The highest BCUT2D eigenvalue weighted by atomic mass is 32.2. The fourth-order valence-electron chi connectivity index (χ4n) is 4.01. The van der Waals surface area contributed by atoms with Crippen LogP contribution in [-0.2, 0) is 10.0 Å². The Bertz CT molecular complexity index is 1360. The van der Waals surface area contributed by atoms with Crippen molar-refractivity contribution in [1.82, 2.24) is 4.31 Å². The number of nitrogens with zero attached hydrogens (tertiary/aromatic N) is 3. The van der Waals surface area contributed by atoms with Gasteiger partial charge in [0.2, 0.25) is 10.0 Å². The van der Waals surface area contributed by atoms with E-state index in [0.29, 0.717) is 17.9 Å². The Kier molecular flexibility index (Phi) is 7.13. The average molecular weight is 495 g/mol. The van der Waals surface area contributed by atoms with Crippen molar-refractivity contribution in [2.75, 3.05) is 18.5 Å². The number of hydrogen-bond acceptors (Lipinski definition) is 7. The first-order valence-electron chi connectivity index (χ1n) is 11.3. The summed E-state index contributed by atoms with van der Waals surface area (Å²) in [4.78, 5) is 11.0. The Hall–Kier alpha value is -3.76. The number of anilines is 1. The number of sulfonamides is 1. The smallest absolute Gasteiger partial charge is 0.295 e. The third-order valence-corrected chi connectivity index (χ3v) is 7.88. The lowest BCUT2D eigenvalue weighted by Crippen LogP contribution is -2.30. The molecule has 0 bridgehead atoms. The number of rotatable bonds is 8. The van der Waals surface area contributed by atoms with Crippen molar-refractivity contribution in [3.8, 4) is 5.75 Å². The maximum Gasteiger partial charge on any atom is 0.295 e. The molecule has 1 atom stereocenters. The van der Waals surface area contributed by atoms with Crippen molar-refractivity contribution in [1.29, 1.82) is 0 Å². The van der Waals surface area contributed by atoms with Gasteiger partial charge in [0.25, 0.3) is 5.69 Å². The second-order valence-electron chi connectivity index (χ2n) is 7.91. The van der Waals surface area contributed by atoms with E-state index in [1.54, 1.807) is 13.8 Å². The van der Waals surface area contributed by atoms with Gasteiger partial charge < -0.3 is 4.74 Å². The van der Waals surface area contributed by atoms with Crippen LogP contribution in [-0.4, -0.2) is 36.4 Å². The van der Waals surface area contributed by atoms with Crippen molar-refractivity contribution in [3.63, 3.8) is 0 Å². The molecular weight excluding hydrogens is 468 g/mol. The lowest BCUT2D eigenvalue weighted by Gasteiger charge is -2.27. The predicted molar refractivity (Wildman–Crippen MR) is 134 cm³/mol. The maximum absolute atomic E-state index is 12.8. The Balaban J connectivity index is 1.68. The minimum atomic E-state index is -3.84. The Morgan fingerprint density at radius 3 is 2.43 bits per heavy atom. The summed E-state index contributed by atoms with van der Waals surface area (Å²) in [6.45, 7) is 3.97. The quantitative estimate of drug-likeness (QED) is 0.349. The van der Waals surface area contributed by atoms with Gasteiger partial charge in [-0.05, 0) is 29.8 Å². The summed E-state index contributed by atoms with van der Waals surface area (Å²) in [6.07, 6.45) is 0.194. The lowest BCUT2D eigenvalue weighted by atomic mass is 9.96. The molecule has 0 amide bonds. The molecule has 1 unspecified atom stereocenters. The van der Waals surface area contributed by atoms with Crippen LogP contribution >= 0.6 is 0 Å². The molecule has 10 heteroatoms. The Morgan fingerprint density at radius 2 is 1.74 bits per heavy atom. The standard InChI is InChI=1S/C25H26N4O5S/c1-3-28(4-2)35(32,33)19-14-15-21(23(16-19)29(30)31)26-27-22-17-25(18-10-6-5-7-11-18)34-24-13-9-8-12-20(22)24/h5-16,25-26H,3-4,17H2,1-2H3/b27-22-. The van der Waals surface area contributed by atoms with Gasteiger partial charge in [0.15, 0.2) is 0 Å². The number of ether oxygens (including phenoxy) is 1. The number of benzene rings is 3. The number of para-hydroxylation sites is 1. The molecule has 0 aromatic heterocycles. The molecule has 3 aromatic carbocycles. The summed E-state index contributed by atoms with van der Waals surface area (Å²) < 4.78 is 33.1. The molecule has 4 rings (SSSR count). The molecule has 182 valence electrons. The highest BCUT2D eigenvalue weighted by molar-refractivity contribution is 7.89. The van der Waals surface area contributed by atoms with E-state index in [9.17, 15) is 18.5 Å². The van der Waals surface area contributed by atoms with E-state index >= 15 is 0 Å². The summed E-state index contributed by atoms with van der Waals surface area (Å²) in [7, 11) is -3.84. The first kappa shape index (κ1) is 24.4. The summed E-state index contributed by atoms with van der Waals surface area (Å²) in [6, 6.07) is 21.0. The molecule has 0 aliphatic carbocycles. The van der Waals surface area contributed by atoms with Crippen LogP contribution in [0, 0.1) is 10.1 Å². The van der Waals surface area contributed by atoms with Crippen LogP contribution in [0.2, 0.25) is 0 Å². The van der Waals surface area contributed by atoms with Gasteiger partial charge in [-0.3, -0.25) is 15.5 Å². The van der Waals surface area contributed by atoms with Gasteiger partial charge in [-0.25, -0.2) is 8.42 Å². The van der Waals surface area contributed by atoms with E-state index < -0.39 is 14.9 Å². The van der Waals surface area contributed by atoms with E-state index in [-0.39, 0.29) is 35.5 Å². The molecule has 0 fully saturated rings. The number of fused-ring (bicyclic) bond motifs is 1. The van der Waals surface area contributed by atoms with Crippen molar-refractivity contribution in [3.05, 3.63) is 94.0 Å². The van der Waals surface area contributed by atoms with E-state index in [1.165, 1.54) is 16.4 Å². The molecule has 35 heavy (non-hydrogen) atoms. The van der Waals surface area contributed by atoms with Crippen LogP contribution in [0.3, 0.4) is 0 Å². The molecule has 0 saturated heterocycles. The van der Waals surface area contributed by atoms with Gasteiger partial charge >= 0.3 is 0 Å². The minimum absolute atomic E-state index is 0.0984. The molecule has 9 nitrogen and oxygen atoms in total. The fourth-order valence-corrected chi connectivity index (χ4v) is 5.48. The summed E-state index contributed by atoms with van der Waals surface area (Å²) in [5, 5.41) is 16.3. The second-order valence-corrected chi connectivity index (χ2v) is 9.85. The summed E-state index contributed by atoms with van der Waals surface area (Å²) in [5.41, 5.74) is 4.98. The van der Waals surface area contributed by atoms with Crippen LogP contribution in [0.15, 0.2) is 82.8 Å². The minimum Gasteiger partial charge on any atom is -0.485 e. The van der Waals surface area contributed by atoms with Crippen molar-refractivity contribution in [2.45, 2.75) is 31.3 Å². The van der Waals surface area contributed by atoms with Gasteiger partial charge in [-0.1, -0.05) is 56.3 Å². The van der Waals surface area contributed by atoms with Crippen molar-refractivity contribution in [2.24, 2.45) is 5.10 Å². The Morgan fingerprint density at radius 1 is 1.06 bits per heavy atom. The highest BCUT2D eigenvalue weighted by Gasteiger charge is 2.28. The topological polar surface area (TPSA) is 114 Å². The van der Waals surface area contributed by atoms with Crippen LogP contribution in [0.1, 0.15) is 37.5 Å². The van der Waals surface area contributed by atoms with Gasteiger partial charge in [-0.15, -0.1) is 0 Å². The van der Waals surface area contributed by atoms with Gasteiger partial charge in [0.1, 0.15) is 17.5 Å². The zero-order valence-corrected chi connectivity index (χ0v) is 20.2. The predicted octanol–water partition coefficient (Wildman–Crippen LogP) is 4.97. The third kappa shape index (κ3) is 5.03. The summed E-state index contributed by atoms with van der Waals surface area (Å²) in [5.74, 6) is 0.670. The van der Waals surface area contributed by atoms with Crippen LogP contribution in [0.4, 0.5) is 11.4 Å². The maximum atomic E-state index is 12.8. The molecule has 0 spiro atoms. The van der Waals surface area contributed by atoms with E-state index in [2.05, 4.69) is 10.5 Å². The molecular formula is C25H26N4O5S. The third-order valence-electron chi connectivity index (χ3n) is 5.84. The normalized spacial score (nSPS) is 16.5. The van der Waals surface area contributed by atoms with Crippen molar-refractivity contribution < 1.29 is 18.1 Å². The van der Waals surface area contributed by atoms with Gasteiger partial charge in [0.05, 0.1) is 15.5 Å². The van der Waals surface area contributed by atoms with Crippen LogP contribution in [0.25, 0.3) is 0 Å². The first-order chi connectivity index (χ1) is 16.8. The molecule has 1 aliphatic heterocycles. The number of hydrogen-bond donors (Lipinski definition) is 1. The Labute approximate surface area is 204 Å². The van der Waals surface area contributed by atoms with E-state index in [1.807, 2.05) is 54.6 Å². The van der Waals surface area contributed by atoms with Gasteiger partial charge in [0, 0.05) is 31.1 Å². The first-order valence-corrected chi connectivity index (χ1v) is 12.7. The highest BCUT2D eigenvalue weighted by Crippen LogP contribution is 2.36. The van der Waals surface area contributed by atoms with Gasteiger partial charge in [-0.2, -0.15) is 9.41 Å². The zero-order valence-electron chi connectivity index (χ0n) is 19.4. The molecule has 1 N–H and O–H groups in total. The second kappa shape index (κ2) is 10.2. The van der Waals surface area contributed by atoms with Crippen LogP contribution < -0.4 is 10.2 Å². The fraction of sp³-hybridized carbons (Fsp3) is 0.240. The number of nitrogens with one attached hydrogen (secondary N) is 1. The molecule has 1 aliphatic rings. The van der Waals surface area contributed by atoms with E-state index in [0.717, 1.165) is 17.2 Å². The SMILES string of the molecule is CCN(CC)S(=O)(=O)c1ccc(N/N=C2/CC(c3ccccc3)Oc3ccccc32)c([N+](=O)[O-])c1.